The van der Waals surface area contributed by atoms with Crippen LogP contribution in [-0.4, -0.2) is 37.8 Å². The molecule has 1 aromatic heterocycles. The number of carbonyl (C=O) groups is 1. The van der Waals surface area contributed by atoms with Crippen molar-refractivity contribution in [2.75, 3.05) is 20.8 Å². The Kier molecular flexibility index (Phi) is 7.09. The minimum Gasteiger partial charge on any atom is -0.497 e. The van der Waals surface area contributed by atoms with Gasteiger partial charge in [0.05, 0.1) is 25.9 Å². The molecule has 1 amide bonds. The van der Waals surface area contributed by atoms with Crippen molar-refractivity contribution in [3.63, 3.8) is 0 Å². The average molecular weight is 379 g/mol. The summed E-state index contributed by atoms with van der Waals surface area (Å²) < 4.78 is 16.0. The molecule has 7 heteroatoms. The van der Waals surface area contributed by atoms with Gasteiger partial charge in [-0.15, -0.1) is 0 Å². The summed E-state index contributed by atoms with van der Waals surface area (Å²) in [6.07, 6.45) is 2.00. The summed E-state index contributed by atoms with van der Waals surface area (Å²) in [6, 6.07) is 7.11. The molecule has 0 aliphatic heterocycles. The predicted molar refractivity (Wildman–Crippen MR) is 101 cm³/mol. The zero-order valence-corrected chi connectivity index (χ0v) is 16.1. The molecule has 0 saturated heterocycles. The van der Waals surface area contributed by atoms with E-state index >= 15 is 0 Å². The second-order valence-corrected chi connectivity index (χ2v) is 6.27. The highest BCUT2D eigenvalue weighted by Gasteiger charge is 2.12. The highest BCUT2D eigenvalue weighted by atomic mass is 35.5. The van der Waals surface area contributed by atoms with E-state index in [0.717, 1.165) is 17.1 Å². The predicted octanol–water partition coefficient (Wildman–Crippen LogP) is 3.51. The number of hydrogen-bond donors (Lipinski definition) is 1. The van der Waals surface area contributed by atoms with Gasteiger partial charge < -0.3 is 19.5 Å². The van der Waals surface area contributed by atoms with Gasteiger partial charge in [-0.3, -0.25) is 4.79 Å². The Hall–Kier alpha value is -2.47. The molecule has 0 saturated carbocycles. The number of carbonyl (C=O) groups excluding carboxylic acids is 1. The van der Waals surface area contributed by atoms with Gasteiger partial charge in [0.2, 0.25) is 5.88 Å². The van der Waals surface area contributed by atoms with Gasteiger partial charge in [0.15, 0.2) is 0 Å². The lowest BCUT2D eigenvalue weighted by atomic mass is 10.1. The van der Waals surface area contributed by atoms with E-state index in [2.05, 4.69) is 10.3 Å². The molecular weight excluding hydrogens is 356 g/mol. The lowest BCUT2D eigenvalue weighted by Crippen LogP contribution is -2.26. The molecule has 2 rings (SSSR count). The van der Waals surface area contributed by atoms with E-state index in [0.29, 0.717) is 29.4 Å². The van der Waals surface area contributed by atoms with Gasteiger partial charge >= 0.3 is 0 Å². The Morgan fingerprint density at radius 3 is 2.62 bits per heavy atom. The van der Waals surface area contributed by atoms with Crippen LogP contribution in [-0.2, 0) is 6.42 Å². The summed E-state index contributed by atoms with van der Waals surface area (Å²) in [5.74, 6) is 1.56. The molecule has 0 aliphatic carbocycles. The maximum atomic E-state index is 12.3. The van der Waals surface area contributed by atoms with Crippen molar-refractivity contribution in [1.29, 1.82) is 0 Å². The lowest BCUT2D eigenvalue weighted by molar-refractivity contribution is 0.0953. The van der Waals surface area contributed by atoms with Gasteiger partial charge in [-0.1, -0.05) is 11.6 Å². The summed E-state index contributed by atoms with van der Waals surface area (Å²) in [7, 11) is 3.22. The van der Waals surface area contributed by atoms with Crippen molar-refractivity contribution in [1.82, 2.24) is 10.3 Å². The maximum Gasteiger partial charge on any atom is 0.252 e. The van der Waals surface area contributed by atoms with Crippen molar-refractivity contribution >= 4 is 17.5 Å². The number of amides is 1. The third-order valence-electron chi connectivity index (χ3n) is 3.58. The Morgan fingerprint density at radius 2 is 2.00 bits per heavy atom. The largest absolute Gasteiger partial charge is 0.497 e. The van der Waals surface area contributed by atoms with Crippen molar-refractivity contribution in [2.24, 2.45) is 0 Å². The third kappa shape index (κ3) is 5.26. The SMILES string of the molecule is COc1ccc(OC)c(CCNC(=O)c2cnc(OC(C)C)c(Cl)c2)c1. The highest BCUT2D eigenvalue weighted by molar-refractivity contribution is 6.32. The summed E-state index contributed by atoms with van der Waals surface area (Å²) in [5.41, 5.74) is 1.33. The Morgan fingerprint density at radius 1 is 1.23 bits per heavy atom. The maximum absolute atomic E-state index is 12.3. The van der Waals surface area contributed by atoms with E-state index in [1.165, 1.54) is 6.20 Å². The summed E-state index contributed by atoms with van der Waals surface area (Å²) >= 11 is 6.12. The minimum atomic E-state index is -0.252. The summed E-state index contributed by atoms with van der Waals surface area (Å²) in [4.78, 5) is 16.4. The quantitative estimate of drug-likeness (QED) is 0.761. The van der Waals surface area contributed by atoms with E-state index in [4.69, 9.17) is 25.8 Å². The molecular formula is C19H23ClN2O4. The van der Waals surface area contributed by atoms with Crippen LogP contribution in [0.1, 0.15) is 29.8 Å². The molecule has 26 heavy (non-hydrogen) atoms. The molecule has 1 heterocycles. The fourth-order valence-electron chi connectivity index (χ4n) is 2.35. The van der Waals surface area contributed by atoms with Crippen molar-refractivity contribution in [3.8, 4) is 17.4 Å². The van der Waals surface area contributed by atoms with Gasteiger partial charge in [0, 0.05) is 12.7 Å². The van der Waals surface area contributed by atoms with E-state index in [1.54, 1.807) is 20.3 Å². The topological polar surface area (TPSA) is 69.7 Å². The van der Waals surface area contributed by atoms with Crippen molar-refractivity contribution in [3.05, 3.63) is 46.6 Å². The first-order valence-corrected chi connectivity index (χ1v) is 8.63. The molecule has 140 valence electrons. The lowest BCUT2D eigenvalue weighted by Gasteiger charge is -2.12. The normalized spacial score (nSPS) is 10.5. The number of nitrogens with one attached hydrogen (secondary N) is 1. The second-order valence-electron chi connectivity index (χ2n) is 5.86. The number of nitrogens with zero attached hydrogens (tertiary/aromatic N) is 1. The molecule has 0 aliphatic rings. The highest BCUT2D eigenvalue weighted by Crippen LogP contribution is 2.25. The molecule has 0 radical (unpaired) electrons. The standard InChI is InChI=1S/C19H23ClN2O4/c1-12(2)26-19-16(20)10-14(11-22-19)18(23)21-8-7-13-9-15(24-3)5-6-17(13)25-4/h5-6,9-12H,7-8H2,1-4H3,(H,21,23). The van der Waals surface area contributed by atoms with E-state index in [9.17, 15) is 4.79 Å². The van der Waals surface area contributed by atoms with Crippen LogP contribution in [0.25, 0.3) is 0 Å². The number of hydrogen-bond acceptors (Lipinski definition) is 5. The Bertz CT molecular complexity index is 765. The monoisotopic (exact) mass is 378 g/mol. The van der Waals surface area contributed by atoms with Crippen LogP contribution in [0.5, 0.6) is 17.4 Å². The Labute approximate surface area is 158 Å². The van der Waals surface area contributed by atoms with Gasteiger partial charge in [0.1, 0.15) is 16.5 Å². The van der Waals surface area contributed by atoms with Crippen LogP contribution in [0.2, 0.25) is 5.02 Å². The molecule has 0 bridgehead atoms. The average Bonchev–Trinajstić information content (AvgIpc) is 2.62. The minimum absolute atomic E-state index is 0.0440. The number of aromatic nitrogens is 1. The number of pyridine rings is 1. The zero-order valence-electron chi connectivity index (χ0n) is 15.3. The number of benzene rings is 1. The van der Waals surface area contributed by atoms with Gasteiger partial charge in [-0.05, 0) is 50.1 Å². The molecule has 0 atom stereocenters. The molecule has 0 fully saturated rings. The molecule has 6 nitrogen and oxygen atoms in total. The molecule has 0 spiro atoms. The van der Waals surface area contributed by atoms with E-state index in [-0.39, 0.29) is 12.0 Å². The molecule has 0 unspecified atom stereocenters. The first-order chi connectivity index (χ1) is 12.4. The number of ether oxygens (including phenoxy) is 3. The van der Waals surface area contributed by atoms with Gasteiger partial charge in [-0.25, -0.2) is 4.98 Å². The van der Waals surface area contributed by atoms with Crippen molar-refractivity contribution in [2.45, 2.75) is 26.4 Å². The summed E-state index contributed by atoms with van der Waals surface area (Å²) in [6.45, 7) is 4.20. The van der Waals surface area contributed by atoms with Crippen LogP contribution < -0.4 is 19.5 Å². The number of halogens is 1. The van der Waals surface area contributed by atoms with Gasteiger partial charge in [-0.2, -0.15) is 0 Å². The van der Waals surface area contributed by atoms with E-state index < -0.39 is 0 Å². The fourth-order valence-corrected chi connectivity index (χ4v) is 2.56. The van der Waals surface area contributed by atoms with Crippen LogP contribution in [0, 0.1) is 0 Å². The van der Waals surface area contributed by atoms with Gasteiger partial charge in [0.25, 0.3) is 5.91 Å². The second kappa shape index (κ2) is 9.29. The first-order valence-electron chi connectivity index (χ1n) is 8.26. The fraction of sp³-hybridized carbons (Fsp3) is 0.368. The number of methoxy groups -OCH3 is 2. The molecule has 2 aromatic rings. The smallest absolute Gasteiger partial charge is 0.252 e. The molecule has 1 aromatic carbocycles. The van der Waals surface area contributed by atoms with Crippen molar-refractivity contribution < 1.29 is 19.0 Å². The van der Waals surface area contributed by atoms with E-state index in [1.807, 2.05) is 32.0 Å². The third-order valence-corrected chi connectivity index (χ3v) is 3.86. The molecule has 1 N–H and O–H groups in total. The first kappa shape index (κ1) is 19.8. The van der Waals surface area contributed by atoms with Crippen LogP contribution in [0.3, 0.4) is 0 Å². The van der Waals surface area contributed by atoms with Crippen LogP contribution >= 0.6 is 11.6 Å². The zero-order chi connectivity index (χ0) is 19.1. The van der Waals surface area contributed by atoms with Crippen LogP contribution in [0.15, 0.2) is 30.5 Å². The number of rotatable bonds is 8. The van der Waals surface area contributed by atoms with Crippen LogP contribution in [0.4, 0.5) is 0 Å². The summed E-state index contributed by atoms with van der Waals surface area (Å²) in [5, 5.41) is 3.16. The Balaban J connectivity index is 1.98.